The number of rotatable bonds is 4. The van der Waals surface area contributed by atoms with Crippen molar-refractivity contribution in [1.82, 2.24) is 15.2 Å². The Hall–Kier alpha value is -2.60. The summed E-state index contributed by atoms with van der Waals surface area (Å²) in [6, 6.07) is 12.7. The van der Waals surface area contributed by atoms with Crippen LogP contribution in [0.5, 0.6) is 11.5 Å². The van der Waals surface area contributed by atoms with Gasteiger partial charge in [-0.1, -0.05) is 18.2 Å². The van der Waals surface area contributed by atoms with Crippen LogP contribution in [0.25, 0.3) is 0 Å². The molecule has 120 valence electrons. The van der Waals surface area contributed by atoms with Gasteiger partial charge in [-0.25, -0.2) is 4.79 Å². The van der Waals surface area contributed by atoms with E-state index < -0.39 is 0 Å². The fourth-order valence-corrected chi connectivity index (χ4v) is 2.42. The lowest BCUT2D eigenvalue weighted by Crippen LogP contribution is -2.56. The van der Waals surface area contributed by atoms with E-state index in [0.29, 0.717) is 31.2 Å². The van der Waals surface area contributed by atoms with Crippen LogP contribution in [-0.2, 0) is 0 Å². The predicted molar refractivity (Wildman–Crippen MR) is 85.6 cm³/mol. The third kappa shape index (κ3) is 4.20. The minimum absolute atomic E-state index is 0.0832. The number of ether oxygens (including phenoxy) is 2. The van der Waals surface area contributed by atoms with E-state index in [4.69, 9.17) is 9.47 Å². The minimum atomic E-state index is -0.350. The molecule has 2 heterocycles. The molecule has 1 aliphatic rings. The number of amides is 1. The van der Waals surface area contributed by atoms with Crippen LogP contribution >= 0.6 is 0 Å². The maximum Gasteiger partial charge on any atom is 0.415 e. The van der Waals surface area contributed by atoms with Gasteiger partial charge in [0.15, 0.2) is 0 Å². The Morgan fingerprint density at radius 3 is 2.83 bits per heavy atom. The lowest BCUT2D eigenvalue weighted by atomic mass is 10.2. The zero-order chi connectivity index (χ0) is 15.9. The first-order valence-electron chi connectivity index (χ1n) is 7.60. The van der Waals surface area contributed by atoms with E-state index in [9.17, 15) is 4.79 Å². The maximum absolute atomic E-state index is 12.4. The van der Waals surface area contributed by atoms with Crippen LogP contribution in [0, 0.1) is 0 Å². The highest BCUT2D eigenvalue weighted by Gasteiger charge is 2.28. The molecule has 1 N–H and O–H groups in total. The van der Waals surface area contributed by atoms with Crippen LogP contribution in [0.15, 0.2) is 54.9 Å². The molecule has 1 aromatic carbocycles. The smallest absolute Gasteiger partial charge is 0.415 e. The van der Waals surface area contributed by atoms with E-state index in [1.807, 2.05) is 30.3 Å². The van der Waals surface area contributed by atoms with E-state index in [1.54, 1.807) is 29.4 Å². The summed E-state index contributed by atoms with van der Waals surface area (Å²) in [6.07, 6.45) is 3.00. The Balaban J connectivity index is 1.60. The number of piperazine rings is 1. The fraction of sp³-hybridized carbons (Fsp3) is 0.294. The van der Waals surface area contributed by atoms with Crippen molar-refractivity contribution in [3.63, 3.8) is 0 Å². The number of nitrogens with zero attached hydrogens (tertiary/aromatic N) is 2. The van der Waals surface area contributed by atoms with Gasteiger partial charge < -0.3 is 14.8 Å². The van der Waals surface area contributed by atoms with Crippen LogP contribution in [0.3, 0.4) is 0 Å². The number of carbonyl (C=O) groups is 1. The molecule has 1 aromatic heterocycles. The zero-order valence-corrected chi connectivity index (χ0v) is 12.7. The second-order valence-corrected chi connectivity index (χ2v) is 5.23. The van der Waals surface area contributed by atoms with E-state index in [1.165, 1.54) is 0 Å². The second-order valence-electron chi connectivity index (χ2n) is 5.23. The van der Waals surface area contributed by atoms with Gasteiger partial charge in [0.25, 0.3) is 0 Å². The predicted octanol–water partition coefficient (Wildman–Crippen LogP) is 1.93. The van der Waals surface area contributed by atoms with Crippen LogP contribution in [-0.4, -0.2) is 48.3 Å². The van der Waals surface area contributed by atoms with Crippen molar-refractivity contribution in [2.75, 3.05) is 26.2 Å². The van der Waals surface area contributed by atoms with Crippen molar-refractivity contribution in [1.29, 1.82) is 0 Å². The highest BCUT2D eigenvalue weighted by Crippen LogP contribution is 2.14. The average molecular weight is 313 g/mol. The summed E-state index contributed by atoms with van der Waals surface area (Å²) in [4.78, 5) is 18.1. The van der Waals surface area contributed by atoms with Gasteiger partial charge >= 0.3 is 6.09 Å². The molecule has 1 aliphatic heterocycles. The van der Waals surface area contributed by atoms with Crippen LogP contribution in [0.4, 0.5) is 4.79 Å². The summed E-state index contributed by atoms with van der Waals surface area (Å²) >= 11 is 0. The molecule has 1 fully saturated rings. The molecule has 1 atom stereocenters. The number of carbonyl (C=O) groups excluding carboxylic acids is 1. The number of hydrogen-bond acceptors (Lipinski definition) is 5. The SMILES string of the molecule is O=C(Oc1ccccc1)N1CCNCC1COc1cccnc1. The molecule has 6 nitrogen and oxygen atoms in total. The Bertz CT molecular complexity index is 621. The third-order valence-electron chi connectivity index (χ3n) is 3.61. The largest absolute Gasteiger partial charge is 0.490 e. The number of aromatic nitrogens is 1. The zero-order valence-electron chi connectivity index (χ0n) is 12.7. The molecule has 0 spiro atoms. The summed E-state index contributed by atoms with van der Waals surface area (Å²) in [5, 5.41) is 3.27. The lowest BCUT2D eigenvalue weighted by Gasteiger charge is -2.35. The van der Waals surface area contributed by atoms with Crippen LogP contribution in [0.1, 0.15) is 0 Å². The van der Waals surface area contributed by atoms with Crippen LogP contribution in [0.2, 0.25) is 0 Å². The van der Waals surface area contributed by atoms with Gasteiger partial charge in [-0.3, -0.25) is 9.88 Å². The van der Waals surface area contributed by atoms with Crippen molar-refractivity contribution in [2.24, 2.45) is 0 Å². The van der Waals surface area contributed by atoms with Gasteiger partial charge in [-0.15, -0.1) is 0 Å². The average Bonchev–Trinajstić information content (AvgIpc) is 2.62. The molecular formula is C17H19N3O3. The number of para-hydroxylation sites is 1. The molecule has 1 amide bonds. The molecule has 0 aliphatic carbocycles. The number of benzene rings is 1. The first-order chi connectivity index (χ1) is 11.3. The van der Waals surface area contributed by atoms with Crippen molar-refractivity contribution < 1.29 is 14.3 Å². The second kappa shape index (κ2) is 7.60. The first-order valence-corrected chi connectivity index (χ1v) is 7.60. The minimum Gasteiger partial charge on any atom is -0.490 e. The van der Waals surface area contributed by atoms with Gasteiger partial charge in [0.05, 0.1) is 12.2 Å². The Morgan fingerprint density at radius 2 is 2.04 bits per heavy atom. The summed E-state index contributed by atoms with van der Waals surface area (Å²) in [5.41, 5.74) is 0. The van der Waals surface area contributed by atoms with E-state index >= 15 is 0 Å². The Kier molecular flexibility index (Phi) is 5.06. The molecule has 3 rings (SSSR count). The van der Waals surface area contributed by atoms with E-state index in [0.717, 1.165) is 6.54 Å². The molecule has 1 saturated heterocycles. The summed E-state index contributed by atoms with van der Waals surface area (Å²) in [5.74, 6) is 1.23. The fourth-order valence-electron chi connectivity index (χ4n) is 2.42. The van der Waals surface area contributed by atoms with Crippen molar-refractivity contribution in [3.05, 3.63) is 54.9 Å². The summed E-state index contributed by atoms with van der Waals surface area (Å²) < 4.78 is 11.2. The first kappa shape index (κ1) is 15.3. The Morgan fingerprint density at radius 1 is 1.22 bits per heavy atom. The topological polar surface area (TPSA) is 63.7 Å². The van der Waals surface area contributed by atoms with Crippen molar-refractivity contribution in [2.45, 2.75) is 6.04 Å². The number of nitrogens with one attached hydrogen (secondary N) is 1. The van der Waals surface area contributed by atoms with Gasteiger partial charge in [-0.2, -0.15) is 0 Å². The normalized spacial score (nSPS) is 17.6. The van der Waals surface area contributed by atoms with Gasteiger partial charge in [0.2, 0.25) is 0 Å². The molecule has 0 saturated carbocycles. The quantitative estimate of drug-likeness (QED) is 0.934. The summed E-state index contributed by atoms with van der Waals surface area (Å²) in [6.45, 7) is 2.40. The summed E-state index contributed by atoms with van der Waals surface area (Å²) in [7, 11) is 0. The van der Waals surface area contributed by atoms with Gasteiger partial charge in [0, 0.05) is 25.8 Å². The monoisotopic (exact) mass is 313 g/mol. The van der Waals surface area contributed by atoms with E-state index in [2.05, 4.69) is 10.3 Å². The standard InChI is InChI=1S/C17H19N3O3/c21-17(23-15-5-2-1-3-6-15)20-10-9-19-11-14(20)13-22-16-7-4-8-18-12-16/h1-8,12,14,19H,9-11,13H2. The number of hydrogen-bond donors (Lipinski definition) is 1. The maximum atomic E-state index is 12.4. The van der Waals surface area contributed by atoms with Gasteiger partial charge in [0.1, 0.15) is 18.1 Å². The molecule has 23 heavy (non-hydrogen) atoms. The molecule has 0 radical (unpaired) electrons. The van der Waals surface area contributed by atoms with E-state index in [-0.39, 0.29) is 12.1 Å². The highest BCUT2D eigenvalue weighted by molar-refractivity contribution is 5.71. The van der Waals surface area contributed by atoms with Gasteiger partial charge in [-0.05, 0) is 24.3 Å². The lowest BCUT2D eigenvalue weighted by molar-refractivity contribution is 0.0953. The molecular weight excluding hydrogens is 294 g/mol. The molecule has 6 heteroatoms. The Labute approximate surface area is 135 Å². The molecule has 0 bridgehead atoms. The van der Waals surface area contributed by atoms with Crippen molar-refractivity contribution >= 4 is 6.09 Å². The van der Waals surface area contributed by atoms with Crippen LogP contribution < -0.4 is 14.8 Å². The molecule has 1 unspecified atom stereocenters. The number of pyridine rings is 1. The highest BCUT2D eigenvalue weighted by atomic mass is 16.6. The van der Waals surface area contributed by atoms with Crippen molar-refractivity contribution in [3.8, 4) is 11.5 Å². The molecule has 2 aromatic rings. The third-order valence-corrected chi connectivity index (χ3v) is 3.61.